The fraction of sp³-hybridized carbons (Fsp3) is 0.733. The first kappa shape index (κ1) is 15.2. The van der Waals surface area contributed by atoms with Gasteiger partial charge in [0.2, 0.25) is 0 Å². The van der Waals surface area contributed by atoms with Crippen molar-refractivity contribution in [3.05, 3.63) is 17.6 Å². The van der Waals surface area contributed by atoms with Gasteiger partial charge in [0.15, 0.2) is 5.82 Å². The van der Waals surface area contributed by atoms with Crippen LogP contribution in [0.5, 0.6) is 0 Å². The molecule has 5 heteroatoms. The lowest BCUT2D eigenvalue weighted by atomic mass is 9.93. The minimum Gasteiger partial charge on any atom is -0.384 e. The van der Waals surface area contributed by atoms with Crippen LogP contribution in [0.1, 0.15) is 57.0 Å². The Hall–Kier alpha value is -1.20. The minimum absolute atomic E-state index is 0.372. The van der Waals surface area contributed by atoms with Crippen molar-refractivity contribution < 1.29 is 9.47 Å². The number of hydrogen-bond donors (Lipinski definition) is 1. The van der Waals surface area contributed by atoms with Gasteiger partial charge in [-0.2, -0.15) is 0 Å². The summed E-state index contributed by atoms with van der Waals surface area (Å²) in [5, 5.41) is 0. The molecule has 2 N–H and O–H groups in total. The molecule has 0 bridgehead atoms. The van der Waals surface area contributed by atoms with Crippen LogP contribution in [0.4, 0.5) is 5.82 Å². The van der Waals surface area contributed by atoms with Gasteiger partial charge in [0.05, 0.1) is 12.3 Å². The summed E-state index contributed by atoms with van der Waals surface area (Å²) in [6, 6.07) is 1.77. The Morgan fingerprint density at radius 1 is 1.20 bits per heavy atom. The first-order chi connectivity index (χ1) is 9.70. The molecule has 1 aliphatic rings. The molecule has 1 aromatic rings. The molecule has 0 unspecified atom stereocenters. The van der Waals surface area contributed by atoms with E-state index in [2.05, 4.69) is 9.97 Å². The van der Waals surface area contributed by atoms with E-state index in [4.69, 9.17) is 15.2 Å². The summed E-state index contributed by atoms with van der Waals surface area (Å²) in [6.07, 6.45) is 6.74. The summed E-state index contributed by atoms with van der Waals surface area (Å²) in [5.41, 5.74) is 6.37. The van der Waals surface area contributed by atoms with Crippen LogP contribution in [0.15, 0.2) is 6.07 Å². The zero-order valence-electron chi connectivity index (χ0n) is 12.5. The van der Waals surface area contributed by atoms with Gasteiger partial charge < -0.3 is 15.2 Å². The molecule has 1 saturated carbocycles. The number of nitrogen functional groups attached to an aromatic ring is 1. The molecule has 0 saturated heterocycles. The molecule has 2 rings (SSSR count). The van der Waals surface area contributed by atoms with Crippen LogP contribution < -0.4 is 5.73 Å². The average molecular weight is 279 g/mol. The van der Waals surface area contributed by atoms with Crippen LogP contribution >= 0.6 is 0 Å². The highest BCUT2D eigenvalue weighted by molar-refractivity contribution is 5.31. The number of nitrogens with two attached hydrogens (primary N) is 1. The van der Waals surface area contributed by atoms with E-state index < -0.39 is 0 Å². The highest BCUT2D eigenvalue weighted by atomic mass is 16.5. The van der Waals surface area contributed by atoms with E-state index in [9.17, 15) is 0 Å². The van der Waals surface area contributed by atoms with Gasteiger partial charge in [-0.1, -0.05) is 25.7 Å². The van der Waals surface area contributed by atoms with Crippen molar-refractivity contribution in [2.24, 2.45) is 0 Å². The highest BCUT2D eigenvalue weighted by Gasteiger charge is 2.36. The smallest absolute Gasteiger partial charge is 0.162 e. The molecule has 0 amide bonds. The van der Waals surface area contributed by atoms with Crippen LogP contribution in [-0.2, 0) is 21.7 Å². The lowest BCUT2D eigenvalue weighted by Crippen LogP contribution is -2.32. The summed E-state index contributed by atoms with van der Waals surface area (Å²) in [4.78, 5) is 9.10. The molecule has 0 radical (unpaired) electrons. The second kappa shape index (κ2) is 6.99. The third kappa shape index (κ3) is 3.46. The number of nitrogens with zero attached hydrogens (tertiary/aromatic N) is 2. The zero-order valence-corrected chi connectivity index (χ0v) is 12.5. The first-order valence-electron chi connectivity index (χ1n) is 7.47. The van der Waals surface area contributed by atoms with Crippen LogP contribution in [0.25, 0.3) is 0 Å². The molecule has 1 aliphatic carbocycles. The summed E-state index contributed by atoms with van der Waals surface area (Å²) in [7, 11) is 1.65. The van der Waals surface area contributed by atoms with Crippen LogP contribution in [0.2, 0.25) is 0 Å². The normalized spacial score (nSPS) is 18.7. The van der Waals surface area contributed by atoms with Crippen molar-refractivity contribution in [2.75, 3.05) is 19.5 Å². The topological polar surface area (TPSA) is 70.3 Å². The highest BCUT2D eigenvalue weighted by Crippen LogP contribution is 2.38. The molecule has 0 spiro atoms. The quantitative estimate of drug-likeness (QED) is 0.839. The Morgan fingerprint density at radius 2 is 1.90 bits per heavy atom. The SMILES string of the molecule is CCOC1(c2nc(N)cc(COC)n2)CCCCCC1. The fourth-order valence-electron chi connectivity index (χ4n) is 2.95. The van der Waals surface area contributed by atoms with E-state index in [1.54, 1.807) is 13.2 Å². The molecule has 1 heterocycles. The molecule has 20 heavy (non-hydrogen) atoms. The number of anilines is 1. The third-order valence-electron chi connectivity index (χ3n) is 3.83. The fourth-order valence-corrected chi connectivity index (χ4v) is 2.95. The summed E-state index contributed by atoms with van der Waals surface area (Å²) >= 11 is 0. The van der Waals surface area contributed by atoms with Crippen molar-refractivity contribution >= 4 is 5.82 Å². The van der Waals surface area contributed by atoms with Crippen molar-refractivity contribution in [1.82, 2.24) is 9.97 Å². The van der Waals surface area contributed by atoms with Gasteiger partial charge in [0.25, 0.3) is 0 Å². The van der Waals surface area contributed by atoms with E-state index in [1.807, 2.05) is 6.92 Å². The van der Waals surface area contributed by atoms with Crippen LogP contribution in [0.3, 0.4) is 0 Å². The number of aromatic nitrogens is 2. The summed E-state index contributed by atoms with van der Waals surface area (Å²) < 4.78 is 11.3. The average Bonchev–Trinajstić information content (AvgIpc) is 2.65. The summed E-state index contributed by atoms with van der Waals surface area (Å²) in [5.74, 6) is 1.22. The van der Waals surface area contributed by atoms with Crippen molar-refractivity contribution in [1.29, 1.82) is 0 Å². The van der Waals surface area contributed by atoms with E-state index in [1.165, 1.54) is 12.8 Å². The maximum absolute atomic E-state index is 6.10. The Kier molecular flexibility index (Phi) is 5.31. The molecule has 0 atom stereocenters. The van der Waals surface area contributed by atoms with Gasteiger partial charge in [0.1, 0.15) is 11.4 Å². The van der Waals surface area contributed by atoms with Gasteiger partial charge in [-0.3, -0.25) is 0 Å². The van der Waals surface area contributed by atoms with Crippen LogP contribution in [0, 0.1) is 0 Å². The van der Waals surface area contributed by atoms with Crippen LogP contribution in [-0.4, -0.2) is 23.7 Å². The number of rotatable bonds is 5. The Morgan fingerprint density at radius 3 is 2.50 bits per heavy atom. The zero-order chi connectivity index (χ0) is 14.4. The minimum atomic E-state index is -0.372. The van der Waals surface area contributed by atoms with E-state index in [-0.39, 0.29) is 5.60 Å². The first-order valence-corrected chi connectivity index (χ1v) is 7.47. The van der Waals surface area contributed by atoms with E-state index in [0.29, 0.717) is 19.0 Å². The molecule has 5 nitrogen and oxygen atoms in total. The van der Waals surface area contributed by atoms with Crippen molar-refractivity contribution in [2.45, 2.75) is 57.7 Å². The molecular weight excluding hydrogens is 254 g/mol. The molecular formula is C15H25N3O2. The second-order valence-electron chi connectivity index (χ2n) is 5.38. The molecule has 112 valence electrons. The van der Waals surface area contributed by atoms with E-state index >= 15 is 0 Å². The maximum atomic E-state index is 6.10. The predicted octanol–water partition coefficient (Wildman–Crippen LogP) is 2.79. The van der Waals surface area contributed by atoms with Crippen molar-refractivity contribution in [3.8, 4) is 0 Å². The van der Waals surface area contributed by atoms with Gasteiger partial charge >= 0.3 is 0 Å². The van der Waals surface area contributed by atoms with Gasteiger partial charge in [-0.25, -0.2) is 9.97 Å². The number of ether oxygens (including phenoxy) is 2. The molecule has 1 fully saturated rings. The Balaban J connectivity index is 2.36. The van der Waals surface area contributed by atoms with Gasteiger partial charge in [0, 0.05) is 19.8 Å². The van der Waals surface area contributed by atoms with E-state index in [0.717, 1.165) is 37.2 Å². The second-order valence-corrected chi connectivity index (χ2v) is 5.38. The lowest BCUT2D eigenvalue weighted by molar-refractivity contribution is -0.0626. The predicted molar refractivity (Wildman–Crippen MR) is 78.2 cm³/mol. The summed E-state index contributed by atoms with van der Waals surface area (Å²) in [6.45, 7) is 3.13. The maximum Gasteiger partial charge on any atom is 0.162 e. The number of hydrogen-bond acceptors (Lipinski definition) is 5. The Labute approximate surface area is 120 Å². The number of methoxy groups -OCH3 is 1. The van der Waals surface area contributed by atoms with Gasteiger partial charge in [-0.15, -0.1) is 0 Å². The molecule has 0 aromatic carbocycles. The monoisotopic (exact) mass is 279 g/mol. The third-order valence-corrected chi connectivity index (χ3v) is 3.83. The van der Waals surface area contributed by atoms with Crippen molar-refractivity contribution in [3.63, 3.8) is 0 Å². The largest absolute Gasteiger partial charge is 0.384 e. The molecule has 0 aliphatic heterocycles. The Bertz CT molecular complexity index is 429. The van der Waals surface area contributed by atoms with Gasteiger partial charge in [-0.05, 0) is 19.8 Å². The standard InChI is InChI=1S/C15H25N3O2/c1-3-20-15(8-6-4-5-7-9-15)14-17-12(11-19-2)10-13(16)18-14/h10H,3-9,11H2,1-2H3,(H2,16,17,18). The lowest BCUT2D eigenvalue weighted by Gasteiger charge is -2.31. The molecule has 1 aromatic heterocycles.